The van der Waals surface area contributed by atoms with Crippen molar-refractivity contribution in [1.29, 1.82) is 0 Å². The molecule has 1 aliphatic carbocycles. The highest BCUT2D eigenvalue weighted by atomic mass is 32.1. The molecule has 2 N–H and O–H groups in total. The van der Waals surface area contributed by atoms with Crippen molar-refractivity contribution >= 4 is 16.9 Å². The normalized spacial score (nSPS) is 25.9. The minimum absolute atomic E-state index is 0.230. The van der Waals surface area contributed by atoms with Crippen LogP contribution in [0.25, 0.3) is 5.57 Å². The van der Waals surface area contributed by atoms with Crippen molar-refractivity contribution in [3.63, 3.8) is 0 Å². The van der Waals surface area contributed by atoms with E-state index in [1.807, 2.05) is 0 Å². The van der Waals surface area contributed by atoms with Gasteiger partial charge in [-0.25, -0.2) is 0 Å². The minimum atomic E-state index is 0.230. The van der Waals surface area contributed by atoms with Crippen LogP contribution in [0.2, 0.25) is 0 Å². The van der Waals surface area contributed by atoms with E-state index in [-0.39, 0.29) is 6.04 Å². The standard InChI is InChI=1S/C12H17NS/c1-12(2)6-10(5-11(13)7-12)9-3-4-14-8-9/h3-5,8,11H,6-7,13H2,1-2H3. The second-order valence-corrected chi connectivity index (χ2v) is 5.69. The SMILES string of the molecule is CC1(C)CC(c2ccsc2)=CC(N)C1. The Balaban J connectivity index is 2.28. The Morgan fingerprint density at radius 1 is 1.50 bits per heavy atom. The van der Waals surface area contributed by atoms with E-state index in [9.17, 15) is 0 Å². The summed E-state index contributed by atoms with van der Waals surface area (Å²) in [6, 6.07) is 2.42. The van der Waals surface area contributed by atoms with Crippen LogP contribution in [0.1, 0.15) is 32.3 Å². The van der Waals surface area contributed by atoms with Crippen LogP contribution in [0, 0.1) is 5.41 Å². The van der Waals surface area contributed by atoms with E-state index in [2.05, 4.69) is 36.7 Å². The van der Waals surface area contributed by atoms with E-state index < -0.39 is 0 Å². The molecule has 0 fully saturated rings. The van der Waals surface area contributed by atoms with E-state index >= 15 is 0 Å². The molecule has 0 aromatic carbocycles. The van der Waals surface area contributed by atoms with Gasteiger partial charge in [-0.2, -0.15) is 11.3 Å². The number of hydrogen-bond acceptors (Lipinski definition) is 2. The first-order chi connectivity index (χ1) is 6.57. The second-order valence-electron chi connectivity index (χ2n) is 4.91. The third-order valence-electron chi connectivity index (χ3n) is 2.76. The molecule has 0 spiro atoms. The predicted molar refractivity (Wildman–Crippen MR) is 63.3 cm³/mol. The highest BCUT2D eigenvalue weighted by Gasteiger charge is 2.27. The van der Waals surface area contributed by atoms with Crippen LogP contribution in [0.5, 0.6) is 0 Å². The lowest BCUT2D eigenvalue weighted by atomic mass is 9.74. The Labute approximate surface area is 89.6 Å². The molecule has 0 radical (unpaired) electrons. The first kappa shape index (κ1) is 9.94. The molecule has 1 heterocycles. The van der Waals surface area contributed by atoms with E-state index in [0.29, 0.717) is 5.41 Å². The maximum absolute atomic E-state index is 6.03. The van der Waals surface area contributed by atoms with E-state index in [4.69, 9.17) is 5.73 Å². The molecule has 1 aliphatic rings. The fourth-order valence-corrected chi connectivity index (χ4v) is 2.93. The molecule has 0 saturated heterocycles. The zero-order valence-electron chi connectivity index (χ0n) is 8.79. The number of allylic oxidation sites excluding steroid dienone is 1. The zero-order chi connectivity index (χ0) is 10.2. The summed E-state index contributed by atoms with van der Waals surface area (Å²) in [6.07, 6.45) is 4.48. The third kappa shape index (κ3) is 2.07. The van der Waals surface area contributed by atoms with Crippen molar-refractivity contribution in [3.05, 3.63) is 28.5 Å². The molecule has 1 aromatic rings. The number of thiophene rings is 1. The summed E-state index contributed by atoms with van der Waals surface area (Å²) in [6.45, 7) is 4.60. The summed E-state index contributed by atoms with van der Waals surface area (Å²) in [5.74, 6) is 0. The summed E-state index contributed by atoms with van der Waals surface area (Å²) < 4.78 is 0. The van der Waals surface area contributed by atoms with Gasteiger partial charge in [0.25, 0.3) is 0 Å². The Kier molecular flexibility index (Phi) is 2.50. The summed E-state index contributed by atoms with van der Waals surface area (Å²) >= 11 is 1.75. The van der Waals surface area contributed by atoms with Gasteiger partial charge in [0.1, 0.15) is 0 Å². The van der Waals surface area contributed by atoms with Crippen LogP contribution in [-0.4, -0.2) is 6.04 Å². The fourth-order valence-electron chi connectivity index (χ4n) is 2.25. The lowest BCUT2D eigenvalue weighted by molar-refractivity contribution is 0.319. The molecule has 1 nitrogen and oxygen atoms in total. The van der Waals surface area contributed by atoms with E-state index in [1.54, 1.807) is 11.3 Å². The molecule has 1 aromatic heterocycles. The van der Waals surface area contributed by atoms with Crippen molar-refractivity contribution in [3.8, 4) is 0 Å². The first-order valence-electron chi connectivity index (χ1n) is 5.06. The smallest absolute Gasteiger partial charge is 0.0234 e. The largest absolute Gasteiger partial charge is 0.324 e. The molecule has 1 unspecified atom stereocenters. The van der Waals surface area contributed by atoms with Crippen LogP contribution >= 0.6 is 11.3 Å². The fraction of sp³-hybridized carbons (Fsp3) is 0.500. The molecule has 0 bridgehead atoms. The Hall–Kier alpha value is -0.600. The number of rotatable bonds is 1. The summed E-state index contributed by atoms with van der Waals surface area (Å²) in [5.41, 5.74) is 9.17. The molecular weight excluding hydrogens is 190 g/mol. The van der Waals surface area contributed by atoms with Crippen molar-refractivity contribution in [2.75, 3.05) is 0 Å². The molecule has 2 rings (SSSR count). The lowest BCUT2D eigenvalue weighted by Gasteiger charge is -2.33. The zero-order valence-corrected chi connectivity index (χ0v) is 9.60. The van der Waals surface area contributed by atoms with E-state index in [1.165, 1.54) is 11.1 Å². The van der Waals surface area contributed by atoms with Gasteiger partial charge in [-0.05, 0) is 46.2 Å². The van der Waals surface area contributed by atoms with Crippen LogP contribution in [-0.2, 0) is 0 Å². The number of hydrogen-bond donors (Lipinski definition) is 1. The molecule has 0 saturated carbocycles. The lowest BCUT2D eigenvalue weighted by Crippen LogP contribution is -2.30. The first-order valence-corrected chi connectivity index (χ1v) is 6.00. The Morgan fingerprint density at radius 2 is 2.29 bits per heavy atom. The monoisotopic (exact) mass is 207 g/mol. The average Bonchev–Trinajstić information content (AvgIpc) is 2.51. The molecule has 14 heavy (non-hydrogen) atoms. The molecule has 76 valence electrons. The van der Waals surface area contributed by atoms with Crippen LogP contribution in [0.4, 0.5) is 0 Å². The third-order valence-corrected chi connectivity index (χ3v) is 3.45. The van der Waals surface area contributed by atoms with Gasteiger partial charge in [-0.1, -0.05) is 19.9 Å². The Morgan fingerprint density at radius 3 is 2.86 bits per heavy atom. The minimum Gasteiger partial charge on any atom is -0.324 e. The quantitative estimate of drug-likeness (QED) is 0.751. The van der Waals surface area contributed by atoms with E-state index in [0.717, 1.165) is 12.8 Å². The van der Waals surface area contributed by atoms with Crippen LogP contribution in [0.15, 0.2) is 22.9 Å². The predicted octanol–water partition coefficient (Wildman–Crippen LogP) is 3.28. The highest BCUT2D eigenvalue weighted by Crippen LogP contribution is 2.39. The summed E-state index contributed by atoms with van der Waals surface area (Å²) in [5, 5.41) is 4.34. The molecule has 2 heteroatoms. The molecule has 0 aliphatic heterocycles. The van der Waals surface area contributed by atoms with Gasteiger partial charge >= 0.3 is 0 Å². The van der Waals surface area contributed by atoms with Gasteiger partial charge in [0.05, 0.1) is 0 Å². The second kappa shape index (κ2) is 3.52. The van der Waals surface area contributed by atoms with Crippen LogP contribution < -0.4 is 5.73 Å². The van der Waals surface area contributed by atoms with Gasteiger partial charge in [-0.3, -0.25) is 0 Å². The van der Waals surface area contributed by atoms with Gasteiger partial charge in [0.15, 0.2) is 0 Å². The maximum atomic E-state index is 6.03. The Bertz CT molecular complexity index is 335. The van der Waals surface area contributed by atoms with Gasteiger partial charge in [-0.15, -0.1) is 0 Å². The maximum Gasteiger partial charge on any atom is 0.0234 e. The van der Waals surface area contributed by atoms with Gasteiger partial charge in [0, 0.05) is 6.04 Å². The molecular formula is C12H17NS. The molecule has 1 atom stereocenters. The topological polar surface area (TPSA) is 26.0 Å². The van der Waals surface area contributed by atoms with Crippen molar-refractivity contribution in [1.82, 2.24) is 0 Å². The van der Waals surface area contributed by atoms with Crippen molar-refractivity contribution < 1.29 is 0 Å². The highest BCUT2D eigenvalue weighted by molar-refractivity contribution is 7.08. The summed E-state index contributed by atoms with van der Waals surface area (Å²) in [4.78, 5) is 0. The van der Waals surface area contributed by atoms with Crippen LogP contribution in [0.3, 0.4) is 0 Å². The average molecular weight is 207 g/mol. The van der Waals surface area contributed by atoms with Gasteiger partial charge < -0.3 is 5.73 Å². The van der Waals surface area contributed by atoms with Crippen molar-refractivity contribution in [2.45, 2.75) is 32.7 Å². The van der Waals surface area contributed by atoms with Crippen molar-refractivity contribution in [2.24, 2.45) is 11.1 Å². The number of nitrogens with two attached hydrogens (primary N) is 1. The summed E-state index contributed by atoms with van der Waals surface area (Å²) in [7, 11) is 0. The van der Waals surface area contributed by atoms with Gasteiger partial charge in [0.2, 0.25) is 0 Å². The molecule has 0 amide bonds.